The summed E-state index contributed by atoms with van der Waals surface area (Å²) in [6.45, 7) is 12.3. The third-order valence-corrected chi connectivity index (χ3v) is 8.32. The predicted octanol–water partition coefficient (Wildman–Crippen LogP) is 5.67. The summed E-state index contributed by atoms with van der Waals surface area (Å²) in [5.41, 5.74) is 3.89. The van der Waals surface area contributed by atoms with Crippen LogP contribution in [0.3, 0.4) is 0 Å². The fraction of sp³-hybridized carbons (Fsp3) is 0.258. The molecule has 0 atom stereocenters. The second-order valence-corrected chi connectivity index (χ2v) is 12.7. The van der Waals surface area contributed by atoms with E-state index in [2.05, 4.69) is 61.5 Å². The van der Waals surface area contributed by atoms with Crippen molar-refractivity contribution in [3.63, 3.8) is 0 Å². The van der Waals surface area contributed by atoms with Gasteiger partial charge in [-0.05, 0) is 80.6 Å². The van der Waals surface area contributed by atoms with Crippen molar-refractivity contribution in [2.45, 2.75) is 39.5 Å². The summed E-state index contributed by atoms with van der Waals surface area (Å²) in [4.78, 5) is 24.6. The number of nitrogens with one attached hydrogen (secondary N) is 1. The van der Waals surface area contributed by atoms with Gasteiger partial charge >= 0.3 is 5.97 Å². The lowest BCUT2D eigenvalue weighted by molar-refractivity contribution is 0.0696. The average Bonchev–Trinajstić information content (AvgIpc) is 3.54. The first-order chi connectivity index (χ1) is 20.4. The van der Waals surface area contributed by atoms with Gasteiger partial charge in [-0.1, -0.05) is 26.8 Å². The molecule has 43 heavy (non-hydrogen) atoms. The van der Waals surface area contributed by atoms with Crippen molar-refractivity contribution in [2.75, 3.05) is 22.7 Å². The van der Waals surface area contributed by atoms with E-state index in [1.807, 2.05) is 12.1 Å². The third-order valence-electron chi connectivity index (χ3n) is 6.94. The Kier molecular flexibility index (Phi) is 7.89. The van der Waals surface area contributed by atoms with Crippen molar-refractivity contribution < 1.29 is 18.3 Å². The van der Waals surface area contributed by atoms with Crippen molar-refractivity contribution >= 4 is 44.5 Å². The van der Waals surface area contributed by atoms with E-state index in [4.69, 9.17) is 15.1 Å². The minimum absolute atomic E-state index is 0.117. The molecule has 1 aliphatic rings. The van der Waals surface area contributed by atoms with E-state index in [-0.39, 0.29) is 15.9 Å². The maximum absolute atomic E-state index is 12.8. The SMILES string of the molecule is CCN(CC)c1ccc(/N=C2/C(C(C)(C)C)=Nn3nc(-c4ccc(NS(=O)(=O)c5cccc(C(=O)O)c5)cc4)nc32)cc1. The minimum Gasteiger partial charge on any atom is -0.478 e. The summed E-state index contributed by atoms with van der Waals surface area (Å²) >= 11 is 0. The van der Waals surface area contributed by atoms with E-state index in [1.165, 1.54) is 23.0 Å². The number of aromatic carboxylic acids is 1. The molecule has 0 radical (unpaired) electrons. The maximum atomic E-state index is 12.8. The van der Waals surface area contributed by atoms with Gasteiger partial charge in [-0.3, -0.25) is 4.72 Å². The van der Waals surface area contributed by atoms with Gasteiger partial charge in [0.05, 0.1) is 21.9 Å². The number of fused-ring (bicyclic) bond motifs is 1. The summed E-state index contributed by atoms with van der Waals surface area (Å²) in [6, 6.07) is 19.8. The van der Waals surface area contributed by atoms with Crippen molar-refractivity contribution in [1.82, 2.24) is 14.9 Å². The average molecular weight is 600 g/mol. The first kappa shape index (κ1) is 29.6. The molecular formula is C31H33N7O4S. The zero-order valence-electron chi connectivity index (χ0n) is 24.6. The van der Waals surface area contributed by atoms with Crippen LogP contribution in [0.4, 0.5) is 17.1 Å². The molecule has 4 aromatic rings. The van der Waals surface area contributed by atoms with Crippen LogP contribution in [0.1, 0.15) is 50.8 Å². The lowest BCUT2D eigenvalue weighted by atomic mass is 9.87. The van der Waals surface area contributed by atoms with E-state index < -0.39 is 16.0 Å². The van der Waals surface area contributed by atoms with Gasteiger partial charge in [0.1, 0.15) is 5.71 Å². The van der Waals surface area contributed by atoms with Gasteiger partial charge in [0.25, 0.3) is 10.0 Å². The van der Waals surface area contributed by atoms with Gasteiger partial charge in [0.2, 0.25) is 5.82 Å². The molecule has 0 unspecified atom stereocenters. The number of sulfonamides is 1. The van der Waals surface area contributed by atoms with E-state index in [0.717, 1.165) is 36.2 Å². The van der Waals surface area contributed by atoms with E-state index in [0.29, 0.717) is 28.6 Å². The molecule has 0 aliphatic carbocycles. The number of aromatic nitrogens is 3. The molecule has 1 aliphatic heterocycles. The number of aliphatic imine (C=N–C) groups is 1. The van der Waals surface area contributed by atoms with Crippen LogP contribution < -0.4 is 9.62 Å². The summed E-state index contributed by atoms with van der Waals surface area (Å²) < 4.78 is 28.2. The number of carboxylic acid groups (broad SMARTS) is 1. The Hall–Kier alpha value is -4.84. The van der Waals surface area contributed by atoms with Crippen LogP contribution in [0.15, 0.2) is 87.8 Å². The van der Waals surface area contributed by atoms with Crippen LogP contribution in [-0.4, -0.2) is 58.9 Å². The Bertz CT molecular complexity index is 1830. The molecule has 12 heteroatoms. The molecule has 11 nitrogen and oxygen atoms in total. The maximum Gasteiger partial charge on any atom is 0.335 e. The van der Waals surface area contributed by atoms with E-state index in [9.17, 15) is 18.3 Å². The fourth-order valence-electron chi connectivity index (χ4n) is 4.65. The molecule has 0 amide bonds. The molecule has 2 heterocycles. The number of hydrogen-bond donors (Lipinski definition) is 2. The largest absolute Gasteiger partial charge is 0.478 e. The molecule has 0 spiro atoms. The smallest absolute Gasteiger partial charge is 0.335 e. The first-order valence-corrected chi connectivity index (χ1v) is 15.4. The van der Waals surface area contributed by atoms with Gasteiger partial charge in [0.15, 0.2) is 5.82 Å². The highest BCUT2D eigenvalue weighted by molar-refractivity contribution is 7.92. The fourth-order valence-corrected chi connectivity index (χ4v) is 5.76. The van der Waals surface area contributed by atoms with Crippen molar-refractivity contribution in [3.8, 4) is 11.4 Å². The molecule has 5 rings (SSSR count). The minimum atomic E-state index is -4.00. The molecule has 0 bridgehead atoms. The van der Waals surface area contributed by atoms with Crippen LogP contribution in [0.2, 0.25) is 0 Å². The van der Waals surface area contributed by atoms with Crippen LogP contribution in [-0.2, 0) is 10.0 Å². The number of carbonyl (C=O) groups is 1. The van der Waals surface area contributed by atoms with Crippen LogP contribution in [0.25, 0.3) is 11.4 Å². The lowest BCUT2D eigenvalue weighted by Gasteiger charge is -2.21. The number of benzene rings is 3. The second-order valence-electron chi connectivity index (χ2n) is 11.0. The second kappa shape index (κ2) is 11.4. The molecule has 0 fully saturated rings. The predicted molar refractivity (Wildman–Crippen MR) is 168 cm³/mol. The van der Waals surface area contributed by atoms with Crippen molar-refractivity contribution in [2.24, 2.45) is 15.5 Å². The van der Waals surface area contributed by atoms with Gasteiger partial charge < -0.3 is 10.0 Å². The number of carboxylic acids is 1. The highest BCUT2D eigenvalue weighted by Crippen LogP contribution is 2.29. The summed E-state index contributed by atoms with van der Waals surface area (Å²) in [5.74, 6) is -0.267. The van der Waals surface area contributed by atoms with Gasteiger partial charge in [-0.15, -0.1) is 9.89 Å². The van der Waals surface area contributed by atoms with Gasteiger partial charge in [-0.2, -0.15) is 5.10 Å². The lowest BCUT2D eigenvalue weighted by Crippen LogP contribution is -2.27. The van der Waals surface area contributed by atoms with E-state index in [1.54, 1.807) is 24.3 Å². The summed E-state index contributed by atoms with van der Waals surface area (Å²) in [5, 5.41) is 18.5. The monoisotopic (exact) mass is 599 g/mol. The summed E-state index contributed by atoms with van der Waals surface area (Å²) in [6.07, 6.45) is 0. The van der Waals surface area contributed by atoms with Crippen LogP contribution in [0.5, 0.6) is 0 Å². The van der Waals surface area contributed by atoms with Crippen LogP contribution in [0, 0.1) is 5.41 Å². The topological polar surface area (TPSA) is 142 Å². The highest BCUT2D eigenvalue weighted by Gasteiger charge is 2.35. The number of hydrogen-bond acceptors (Lipinski definition) is 8. The normalized spacial score (nSPS) is 14.0. The molecule has 2 N–H and O–H groups in total. The molecule has 1 aromatic heterocycles. The van der Waals surface area contributed by atoms with Crippen molar-refractivity contribution in [3.05, 3.63) is 84.2 Å². The molecule has 222 valence electrons. The van der Waals surface area contributed by atoms with Gasteiger partial charge in [-0.25, -0.2) is 23.2 Å². The standard InChI is InChI=1S/C31H33N7O4S/c1-6-37(7-2)24-17-15-22(16-18-24)32-26-27(31(3,4)5)34-38-29(26)33-28(35-38)20-11-13-23(14-12-20)36-43(41,42)25-10-8-9-21(19-25)30(39)40/h8-19,36H,6-7H2,1-5H3,(H,39,40)/b32-26-. The Morgan fingerprint density at radius 3 is 2.28 bits per heavy atom. The number of anilines is 2. The Morgan fingerprint density at radius 1 is 1.00 bits per heavy atom. The summed E-state index contributed by atoms with van der Waals surface area (Å²) in [7, 11) is -4.00. The highest BCUT2D eigenvalue weighted by atomic mass is 32.2. The Morgan fingerprint density at radius 2 is 1.67 bits per heavy atom. The zero-order chi connectivity index (χ0) is 30.9. The Labute approximate surface area is 250 Å². The third kappa shape index (κ3) is 6.19. The number of nitrogens with zero attached hydrogens (tertiary/aromatic N) is 6. The van der Waals surface area contributed by atoms with Gasteiger partial charge in [0, 0.05) is 35.4 Å². The molecule has 3 aromatic carbocycles. The zero-order valence-corrected chi connectivity index (χ0v) is 25.4. The Balaban J connectivity index is 1.41. The molecule has 0 saturated carbocycles. The molecular weight excluding hydrogens is 566 g/mol. The van der Waals surface area contributed by atoms with Crippen LogP contribution >= 0.6 is 0 Å². The van der Waals surface area contributed by atoms with Crippen molar-refractivity contribution in [1.29, 1.82) is 0 Å². The number of rotatable bonds is 9. The molecule has 0 saturated heterocycles. The van der Waals surface area contributed by atoms with E-state index >= 15 is 0 Å². The first-order valence-electron chi connectivity index (χ1n) is 13.9. The quantitative estimate of drug-likeness (QED) is 0.252.